The van der Waals surface area contributed by atoms with Gasteiger partial charge in [-0.1, -0.05) is 35.9 Å². The normalized spacial score (nSPS) is 17.2. The van der Waals surface area contributed by atoms with Crippen molar-refractivity contribution in [1.82, 2.24) is 30.8 Å². The summed E-state index contributed by atoms with van der Waals surface area (Å²) in [6.07, 6.45) is 6.72. The van der Waals surface area contributed by atoms with Crippen LogP contribution in [-0.2, 0) is 16.0 Å². The number of fused-ring (bicyclic) bond motifs is 1. The topological polar surface area (TPSA) is 131 Å². The number of anilines is 1. The molecule has 2 heterocycles. The maximum atomic E-state index is 13.0. The number of aromatic nitrogens is 4. The van der Waals surface area contributed by atoms with Gasteiger partial charge in [-0.2, -0.15) is 0 Å². The van der Waals surface area contributed by atoms with Crippen LogP contribution in [0.25, 0.3) is 5.69 Å². The number of allylic oxidation sites excluding steroid dienone is 1. The van der Waals surface area contributed by atoms with Gasteiger partial charge in [-0.25, -0.2) is 4.68 Å². The number of rotatable bonds is 5. The van der Waals surface area contributed by atoms with Crippen molar-refractivity contribution in [2.75, 3.05) is 11.9 Å². The zero-order valence-corrected chi connectivity index (χ0v) is 19.5. The van der Waals surface area contributed by atoms with Crippen molar-refractivity contribution < 1.29 is 14.4 Å². The molecule has 0 aliphatic carbocycles. The molecule has 0 bridgehead atoms. The smallest absolute Gasteiger partial charge is 0.254 e. The number of hydrogen-bond acceptors (Lipinski definition) is 6. The summed E-state index contributed by atoms with van der Waals surface area (Å²) in [4.78, 5) is 38.1. The summed E-state index contributed by atoms with van der Waals surface area (Å²) in [6, 6.07) is 11.3. The lowest BCUT2D eigenvalue weighted by Crippen LogP contribution is -2.47. The van der Waals surface area contributed by atoms with Gasteiger partial charge in [0.15, 0.2) is 0 Å². The molecule has 11 heteroatoms. The molecule has 0 spiro atoms. The monoisotopic (exact) mass is 493 g/mol. The minimum atomic E-state index is -0.778. The number of hydrogen-bond donors (Lipinski definition) is 3. The van der Waals surface area contributed by atoms with Crippen LogP contribution < -0.4 is 16.0 Å². The fourth-order valence-corrected chi connectivity index (χ4v) is 3.92. The lowest BCUT2D eigenvalue weighted by Gasteiger charge is -2.19. The molecule has 0 fully saturated rings. The number of nitrogens with zero attached hydrogens (tertiary/aromatic N) is 4. The van der Waals surface area contributed by atoms with Crippen molar-refractivity contribution in [3.05, 3.63) is 77.1 Å². The van der Waals surface area contributed by atoms with Crippen LogP contribution in [0.5, 0.6) is 0 Å². The molecular weight excluding hydrogens is 470 g/mol. The van der Waals surface area contributed by atoms with Crippen molar-refractivity contribution in [2.24, 2.45) is 0 Å². The maximum Gasteiger partial charge on any atom is 0.254 e. The number of nitrogens with one attached hydrogen (secondary N) is 3. The molecule has 0 unspecified atom stereocenters. The molecule has 0 saturated carbocycles. The van der Waals surface area contributed by atoms with Gasteiger partial charge in [0.05, 0.1) is 16.9 Å². The first-order chi connectivity index (χ1) is 17.0. The van der Waals surface area contributed by atoms with E-state index in [0.717, 1.165) is 11.3 Å². The van der Waals surface area contributed by atoms with Crippen LogP contribution in [0.4, 0.5) is 5.69 Å². The van der Waals surface area contributed by atoms with Crippen LogP contribution in [0.3, 0.4) is 0 Å². The van der Waals surface area contributed by atoms with E-state index in [0.29, 0.717) is 42.1 Å². The van der Waals surface area contributed by atoms with E-state index in [-0.39, 0.29) is 18.2 Å². The Bertz CT molecular complexity index is 1240. The molecule has 4 rings (SSSR count). The molecule has 35 heavy (non-hydrogen) atoms. The fourth-order valence-electron chi connectivity index (χ4n) is 3.73. The molecule has 3 aromatic rings. The number of tetrazole rings is 1. The Hall–Kier alpha value is -4.05. The largest absolute Gasteiger partial charge is 0.354 e. The molecule has 0 radical (unpaired) electrons. The number of carbonyl (C=O) groups is 3. The summed E-state index contributed by atoms with van der Waals surface area (Å²) in [5.41, 5.74) is 2.33. The Kier molecular flexibility index (Phi) is 7.84. The summed E-state index contributed by atoms with van der Waals surface area (Å²) >= 11 is 6.17. The van der Waals surface area contributed by atoms with Crippen molar-refractivity contribution in [3.63, 3.8) is 0 Å². The molecule has 2 aromatic carbocycles. The van der Waals surface area contributed by atoms with Crippen LogP contribution in [-0.4, -0.2) is 50.5 Å². The zero-order chi connectivity index (χ0) is 24.6. The van der Waals surface area contributed by atoms with Gasteiger partial charge in [-0.3, -0.25) is 14.4 Å². The molecule has 1 aliphatic heterocycles. The predicted molar refractivity (Wildman–Crippen MR) is 130 cm³/mol. The Labute approximate surface area is 206 Å². The third kappa shape index (κ3) is 6.30. The first kappa shape index (κ1) is 24.1. The zero-order valence-electron chi connectivity index (χ0n) is 18.8. The lowest BCUT2D eigenvalue weighted by atomic mass is 10.1. The molecule has 1 aliphatic rings. The summed E-state index contributed by atoms with van der Waals surface area (Å²) < 4.78 is 1.53. The van der Waals surface area contributed by atoms with E-state index in [9.17, 15) is 14.4 Å². The molecule has 180 valence electrons. The van der Waals surface area contributed by atoms with Crippen molar-refractivity contribution in [3.8, 4) is 5.69 Å². The Morgan fingerprint density at radius 1 is 1.17 bits per heavy atom. The second-order valence-electron chi connectivity index (χ2n) is 7.93. The van der Waals surface area contributed by atoms with Crippen molar-refractivity contribution in [2.45, 2.75) is 31.7 Å². The molecule has 10 nitrogen and oxygen atoms in total. The van der Waals surface area contributed by atoms with E-state index in [4.69, 9.17) is 11.6 Å². The Morgan fingerprint density at radius 3 is 2.86 bits per heavy atom. The van der Waals surface area contributed by atoms with Gasteiger partial charge < -0.3 is 16.0 Å². The van der Waals surface area contributed by atoms with Gasteiger partial charge >= 0.3 is 0 Å². The van der Waals surface area contributed by atoms with Gasteiger partial charge in [-0.05, 0) is 65.6 Å². The maximum absolute atomic E-state index is 13.0. The summed E-state index contributed by atoms with van der Waals surface area (Å²) in [6.45, 7) is 0.316. The fraction of sp³-hybridized carbons (Fsp3) is 0.250. The highest BCUT2D eigenvalue weighted by Crippen LogP contribution is 2.20. The van der Waals surface area contributed by atoms with E-state index in [2.05, 4.69) is 31.5 Å². The van der Waals surface area contributed by atoms with E-state index in [1.165, 1.54) is 11.0 Å². The number of halogens is 1. The highest BCUT2D eigenvalue weighted by molar-refractivity contribution is 6.30. The average Bonchev–Trinajstić information content (AvgIpc) is 3.37. The molecule has 0 saturated heterocycles. The van der Waals surface area contributed by atoms with Crippen LogP contribution in [0.15, 0.2) is 60.9 Å². The Balaban J connectivity index is 1.45. The van der Waals surface area contributed by atoms with Gasteiger partial charge in [0.25, 0.3) is 5.91 Å². The van der Waals surface area contributed by atoms with E-state index in [1.54, 1.807) is 42.5 Å². The average molecular weight is 494 g/mol. The van der Waals surface area contributed by atoms with Crippen molar-refractivity contribution >= 4 is 35.0 Å². The molecule has 1 atom stereocenters. The van der Waals surface area contributed by atoms with E-state index in [1.807, 2.05) is 12.1 Å². The first-order valence-corrected chi connectivity index (χ1v) is 11.5. The molecule has 3 N–H and O–H groups in total. The van der Waals surface area contributed by atoms with Crippen LogP contribution in [0, 0.1) is 0 Å². The third-order valence-electron chi connectivity index (χ3n) is 5.48. The predicted octanol–water partition coefficient (Wildman–Crippen LogP) is 2.45. The quantitative estimate of drug-likeness (QED) is 0.468. The lowest BCUT2D eigenvalue weighted by molar-refractivity contribution is -0.123. The van der Waals surface area contributed by atoms with Crippen LogP contribution >= 0.6 is 11.6 Å². The van der Waals surface area contributed by atoms with Gasteiger partial charge in [0, 0.05) is 18.0 Å². The number of carbonyl (C=O) groups excluding carboxylic acids is 3. The SMILES string of the molecule is O=C1CC/C=C/C[C@@H](C(=O)NCCc2cc(Cl)ccc2-n2cnnn2)NC(=O)c2ccccc2N1. The van der Waals surface area contributed by atoms with Gasteiger partial charge in [0.2, 0.25) is 11.8 Å². The van der Waals surface area contributed by atoms with Crippen LogP contribution in [0.2, 0.25) is 5.02 Å². The standard InChI is InChI=1S/C24H24ClN7O3/c25-17-10-11-21(32-15-27-30-31-32)16(14-17)12-13-26-24(35)20-8-2-1-3-9-22(33)28-19-7-5-4-6-18(19)23(34)29-20/h1-2,4-7,10-11,14-15,20H,3,8-9,12-13H2,(H,26,35)(H,28,33)(H,29,34)/b2-1+/t20-/m0/s1. The van der Waals surface area contributed by atoms with E-state index < -0.39 is 11.9 Å². The van der Waals surface area contributed by atoms with E-state index >= 15 is 0 Å². The molecule has 1 aromatic heterocycles. The van der Waals surface area contributed by atoms with Gasteiger partial charge in [0.1, 0.15) is 12.4 Å². The Morgan fingerprint density at radius 2 is 2.03 bits per heavy atom. The third-order valence-corrected chi connectivity index (χ3v) is 5.71. The highest BCUT2D eigenvalue weighted by atomic mass is 35.5. The van der Waals surface area contributed by atoms with Crippen LogP contribution in [0.1, 0.15) is 35.2 Å². The first-order valence-electron chi connectivity index (χ1n) is 11.2. The molecule has 3 amide bonds. The minimum Gasteiger partial charge on any atom is -0.354 e. The highest BCUT2D eigenvalue weighted by Gasteiger charge is 2.22. The summed E-state index contributed by atoms with van der Waals surface area (Å²) in [7, 11) is 0. The molecular formula is C24H24ClN7O3. The number of benzene rings is 2. The summed E-state index contributed by atoms with van der Waals surface area (Å²) in [5.74, 6) is -0.926. The summed E-state index contributed by atoms with van der Waals surface area (Å²) in [5, 5.41) is 20.3. The van der Waals surface area contributed by atoms with Gasteiger partial charge in [-0.15, -0.1) is 5.10 Å². The second kappa shape index (κ2) is 11.4. The number of para-hydroxylation sites is 1. The number of amides is 3. The second-order valence-corrected chi connectivity index (χ2v) is 8.37. The van der Waals surface area contributed by atoms with Crippen molar-refractivity contribution in [1.29, 1.82) is 0 Å². The minimum absolute atomic E-state index is 0.174.